The predicted molar refractivity (Wildman–Crippen MR) is 73.4 cm³/mol. The Labute approximate surface area is 120 Å². The smallest absolute Gasteiger partial charge is 0.339 e. The Morgan fingerprint density at radius 1 is 1.32 bits per heavy atom. The lowest BCUT2D eigenvalue weighted by atomic mass is 10.1. The molecule has 0 spiro atoms. The van der Waals surface area contributed by atoms with Crippen LogP contribution >= 0.6 is 15.9 Å². The lowest BCUT2D eigenvalue weighted by molar-refractivity contribution is -0.150. The molecule has 19 heavy (non-hydrogen) atoms. The fraction of sp³-hybridized carbons (Fsp3) is 0.462. The van der Waals surface area contributed by atoms with E-state index in [2.05, 4.69) is 20.7 Å². The van der Waals surface area contributed by atoms with Gasteiger partial charge in [-0.15, -0.1) is 0 Å². The van der Waals surface area contributed by atoms with Crippen LogP contribution in [0.4, 0.5) is 0 Å². The third-order valence-electron chi connectivity index (χ3n) is 2.38. The summed E-state index contributed by atoms with van der Waals surface area (Å²) in [5.41, 5.74) is 0.292. The molecule has 1 N–H and O–H groups in total. The second-order valence-electron chi connectivity index (χ2n) is 4.08. The molecule has 0 aromatic heterocycles. The maximum absolute atomic E-state index is 11.5. The van der Waals surface area contributed by atoms with Crippen molar-refractivity contribution in [1.29, 1.82) is 0 Å². The van der Waals surface area contributed by atoms with Gasteiger partial charge in [0.1, 0.15) is 0 Å². The van der Waals surface area contributed by atoms with Crippen molar-refractivity contribution in [3.63, 3.8) is 0 Å². The lowest BCUT2D eigenvalue weighted by Gasteiger charge is -2.20. The Kier molecular flexibility index (Phi) is 5.62. The predicted octanol–water partition coefficient (Wildman–Crippen LogP) is 2.45. The first-order valence-electron chi connectivity index (χ1n) is 5.71. The molecule has 106 valence electrons. The zero-order valence-corrected chi connectivity index (χ0v) is 12.9. The molecule has 1 aromatic rings. The number of halogens is 1. The van der Waals surface area contributed by atoms with E-state index in [4.69, 9.17) is 9.47 Å². The van der Waals surface area contributed by atoms with Gasteiger partial charge >= 0.3 is 5.97 Å². The molecule has 0 saturated heterocycles. The number of aliphatic hydroxyl groups is 1. The molecule has 0 aliphatic carbocycles. The van der Waals surface area contributed by atoms with E-state index in [-0.39, 0.29) is 6.10 Å². The number of benzene rings is 1. The highest BCUT2D eigenvalue weighted by Gasteiger charge is 2.27. The van der Waals surface area contributed by atoms with Crippen LogP contribution < -0.4 is 9.47 Å². The minimum atomic E-state index is -1.44. The van der Waals surface area contributed by atoms with Gasteiger partial charge in [0.2, 0.25) is 0 Å². The molecule has 0 bridgehead atoms. The third-order valence-corrected chi connectivity index (χ3v) is 3.07. The molecule has 0 fully saturated rings. The van der Waals surface area contributed by atoms with Crippen LogP contribution in [0.5, 0.6) is 11.5 Å². The van der Waals surface area contributed by atoms with E-state index in [1.54, 1.807) is 12.1 Å². The van der Waals surface area contributed by atoms with Gasteiger partial charge in [0.15, 0.2) is 17.6 Å². The number of ether oxygens (including phenoxy) is 3. The minimum Gasteiger partial charge on any atom is -0.493 e. The average molecular weight is 333 g/mol. The number of esters is 1. The van der Waals surface area contributed by atoms with Gasteiger partial charge in [-0.25, -0.2) is 4.79 Å². The van der Waals surface area contributed by atoms with Crippen LogP contribution in [0.15, 0.2) is 16.6 Å². The summed E-state index contributed by atoms with van der Waals surface area (Å²) in [4.78, 5) is 11.5. The van der Waals surface area contributed by atoms with Crippen LogP contribution in [0.1, 0.15) is 25.5 Å². The summed E-state index contributed by atoms with van der Waals surface area (Å²) in [6, 6.07) is 3.36. The van der Waals surface area contributed by atoms with E-state index >= 15 is 0 Å². The molecule has 5 nitrogen and oxygen atoms in total. The molecule has 0 aliphatic rings. The maximum atomic E-state index is 11.5. The number of hydrogen-bond donors (Lipinski definition) is 1. The Morgan fingerprint density at radius 2 is 1.95 bits per heavy atom. The van der Waals surface area contributed by atoms with Gasteiger partial charge in [-0.05, 0) is 26.0 Å². The summed E-state index contributed by atoms with van der Waals surface area (Å²) < 4.78 is 15.9. The highest BCUT2D eigenvalue weighted by atomic mass is 79.9. The van der Waals surface area contributed by atoms with Gasteiger partial charge in [-0.3, -0.25) is 0 Å². The van der Waals surface area contributed by atoms with Gasteiger partial charge in [-0.1, -0.05) is 15.9 Å². The first-order valence-corrected chi connectivity index (χ1v) is 6.50. The van der Waals surface area contributed by atoms with Crippen molar-refractivity contribution in [3.8, 4) is 11.5 Å². The van der Waals surface area contributed by atoms with Gasteiger partial charge in [-0.2, -0.15) is 0 Å². The summed E-state index contributed by atoms with van der Waals surface area (Å²) in [6.07, 6.45) is -1.57. The summed E-state index contributed by atoms with van der Waals surface area (Å²) in [7, 11) is 2.70. The maximum Gasteiger partial charge on any atom is 0.339 e. The lowest BCUT2D eigenvalue weighted by Crippen LogP contribution is -2.17. The van der Waals surface area contributed by atoms with Crippen molar-refractivity contribution in [2.45, 2.75) is 26.1 Å². The first-order chi connectivity index (χ1) is 8.92. The molecular formula is C13H17BrO5. The van der Waals surface area contributed by atoms with Crippen molar-refractivity contribution in [1.82, 2.24) is 0 Å². The van der Waals surface area contributed by atoms with E-state index < -0.39 is 12.1 Å². The van der Waals surface area contributed by atoms with Crippen molar-refractivity contribution >= 4 is 21.9 Å². The number of carbonyl (C=O) groups excluding carboxylic acids is 1. The Hall–Kier alpha value is -1.27. The average Bonchev–Trinajstić information content (AvgIpc) is 2.37. The van der Waals surface area contributed by atoms with E-state index in [0.717, 1.165) is 0 Å². The second kappa shape index (κ2) is 6.77. The van der Waals surface area contributed by atoms with Crippen LogP contribution in [-0.4, -0.2) is 31.4 Å². The topological polar surface area (TPSA) is 65.0 Å². The number of rotatable bonds is 5. The largest absolute Gasteiger partial charge is 0.493 e. The van der Waals surface area contributed by atoms with E-state index in [1.807, 2.05) is 13.8 Å². The van der Waals surface area contributed by atoms with Crippen LogP contribution in [0, 0.1) is 0 Å². The number of hydrogen-bond acceptors (Lipinski definition) is 5. The molecule has 0 heterocycles. The van der Waals surface area contributed by atoms with Gasteiger partial charge in [0, 0.05) is 4.47 Å². The molecule has 0 saturated carbocycles. The molecule has 0 amide bonds. The van der Waals surface area contributed by atoms with E-state index in [9.17, 15) is 9.90 Å². The summed E-state index contributed by atoms with van der Waals surface area (Å²) >= 11 is 3.30. The van der Waals surface area contributed by atoms with Crippen molar-refractivity contribution < 1.29 is 24.1 Å². The molecule has 1 unspecified atom stereocenters. The van der Waals surface area contributed by atoms with Crippen LogP contribution in [0.2, 0.25) is 0 Å². The third kappa shape index (κ3) is 3.61. The molecule has 0 radical (unpaired) electrons. The molecular weight excluding hydrogens is 316 g/mol. The van der Waals surface area contributed by atoms with Crippen molar-refractivity contribution in [2.24, 2.45) is 0 Å². The Balaban J connectivity index is 3.37. The van der Waals surface area contributed by atoms with Gasteiger partial charge in [0.25, 0.3) is 0 Å². The summed E-state index contributed by atoms with van der Waals surface area (Å²) in [6.45, 7) is 3.68. The minimum absolute atomic E-state index is 0.133. The summed E-state index contributed by atoms with van der Waals surface area (Å²) in [5.74, 6) is 0.00203. The quantitative estimate of drug-likeness (QED) is 0.839. The van der Waals surface area contributed by atoms with Gasteiger partial charge in [0.05, 0.1) is 25.9 Å². The molecule has 1 rings (SSSR count). The highest BCUT2D eigenvalue weighted by molar-refractivity contribution is 9.10. The Morgan fingerprint density at radius 3 is 2.42 bits per heavy atom. The highest BCUT2D eigenvalue weighted by Crippen LogP contribution is 2.40. The Bertz CT molecular complexity index is 459. The molecule has 6 heteroatoms. The van der Waals surface area contributed by atoms with Crippen molar-refractivity contribution in [2.75, 3.05) is 14.2 Å². The zero-order chi connectivity index (χ0) is 14.6. The first kappa shape index (κ1) is 15.8. The normalized spacial score (nSPS) is 12.2. The zero-order valence-electron chi connectivity index (χ0n) is 11.3. The monoisotopic (exact) mass is 332 g/mol. The fourth-order valence-corrected chi connectivity index (χ4v) is 2.09. The number of methoxy groups -OCH3 is 2. The van der Waals surface area contributed by atoms with Gasteiger partial charge < -0.3 is 19.3 Å². The van der Waals surface area contributed by atoms with Crippen LogP contribution in [-0.2, 0) is 9.53 Å². The van der Waals surface area contributed by atoms with E-state index in [0.29, 0.717) is 21.5 Å². The molecule has 1 atom stereocenters. The molecule has 1 aromatic carbocycles. The van der Waals surface area contributed by atoms with Crippen LogP contribution in [0.25, 0.3) is 0 Å². The summed E-state index contributed by atoms with van der Waals surface area (Å²) in [5, 5.41) is 10.0. The SMILES string of the molecule is COC(=O)C(O)c1c(Br)ccc(OC)c1OC(C)C. The fourth-order valence-electron chi connectivity index (χ4n) is 1.56. The molecule has 0 aliphatic heterocycles. The number of aliphatic hydroxyl groups excluding tert-OH is 1. The van der Waals surface area contributed by atoms with E-state index in [1.165, 1.54) is 14.2 Å². The number of carbonyl (C=O) groups is 1. The van der Waals surface area contributed by atoms with Crippen LogP contribution in [0.3, 0.4) is 0 Å². The van der Waals surface area contributed by atoms with Crippen molar-refractivity contribution in [3.05, 3.63) is 22.2 Å². The standard InChI is InChI=1S/C13H17BrO5/c1-7(2)19-12-9(17-3)6-5-8(14)10(12)11(15)13(16)18-4/h5-7,11,15H,1-4H3. The second-order valence-corrected chi connectivity index (χ2v) is 4.94.